The Balaban J connectivity index is 1.81. The number of benzene rings is 1. The molecule has 1 amide bonds. The molecule has 1 aromatic carbocycles. The maximum atomic E-state index is 12.6. The molecular formula is C19H17N3O3S. The third-order valence-corrected chi connectivity index (χ3v) is 5.46. The fraction of sp³-hybridized carbons (Fsp3) is 0.263. The molecule has 132 valence electrons. The summed E-state index contributed by atoms with van der Waals surface area (Å²) in [6, 6.07) is 5.30. The van der Waals surface area contributed by atoms with Crippen LogP contribution in [0.15, 0.2) is 41.8 Å². The second-order valence-corrected chi connectivity index (χ2v) is 7.63. The molecule has 1 aromatic heterocycles. The van der Waals surface area contributed by atoms with Crippen LogP contribution in [0.1, 0.15) is 29.8 Å². The number of hydrogen-bond acceptors (Lipinski definition) is 6. The second kappa shape index (κ2) is 5.95. The lowest BCUT2D eigenvalue weighted by atomic mass is 9.89. The lowest BCUT2D eigenvalue weighted by Gasteiger charge is -2.38. The topological polar surface area (TPSA) is 72.4 Å². The Labute approximate surface area is 155 Å². The number of carbonyl (C=O) groups is 2. The molecule has 0 radical (unpaired) electrons. The van der Waals surface area contributed by atoms with Crippen LogP contribution < -0.4 is 9.64 Å². The minimum atomic E-state index is -0.590. The van der Waals surface area contributed by atoms with Crippen molar-refractivity contribution < 1.29 is 14.3 Å². The summed E-state index contributed by atoms with van der Waals surface area (Å²) >= 11 is 1.51. The van der Waals surface area contributed by atoms with Crippen molar-refractivity contribution in [3.63, 3.8) is 0 Å². The number of aromatic nitrogens is 2. The van der Waals surface area contributed by atoms with Crippen molar-refractivity contribution in [2.45, 2.75) is 24.5 Å². The number of thioether (sulfide) groups is 1. The molecule has 0 aliphatic carbocycles. The number of amides is 1. The van der Waals surface area contributed by atoms with Crippen LogP contribution in [0.2, 0.25) is 0 Å². The summed E-state index contributed by atoms with van der Waals surface area (Å²) in [7, 11) is 1.55. The number of ether oxygens (including phenoxy) is 1. The zero-order valence-corrected chi connectivity index (χ0v) is 15.5. The number of ketones is 1. The van der Waals surface area contributed by atoms with E-state index in [1.807, 2.05) is 26.0 Å². The number of carbonyl (C=O) groups excluding carboxylic acids is 2. The number of anilines is 1. The molecule has 26 heavy (non-hydrogen) atoms. The van der Waals surface area contributed by atoms with Crippen molar-refractivity contribution in [1.82, 2.24) is 9.97 Å². The predicted octanol–water partition coefficient (Wildman–Crippen LogP) is 2.98. The summed E-state index contributed by atoms with van der Waals surface area (Å²) in [6.07, 6.45) is 5.44. The maximum Gasteiger partial charge on any atom is 0.300 e. The summed E-state index contributed by atoms with van der Waals surface area (Å²) in [5.41, 5.74) is 2.37. The van der Waals surface area contributed by atoms with E-state index < -0.39 is 17.2 Å². The first kappa shape index (κ1) is 16.8. The monoisotopic (exact) mass is 367 g/mol. The van der Waals surface area contributed by atoms with Crippen LogP contribution >= 0.6 is 11.8 Å². The van der Waals surface area contributed by atoms with Gasteiger partial charge in [-0.2, -0.15) is 0 Å². The van der Waals surface area contributed by atoms with Gasteiger partial charge in [0.05, 0.1) is 23.9 Å². The minimum absolute atomic E-state index is 0.406. The van der Waals surface area contributed by atoms with Crippen molar-refractivity contribution in [2.75, 3.05) is 17.8 Å². The molecule has 4 rings (SSSR count). The Hall–Kier alpha value is -2.67. The van der Waals surface area contributed by atoms with Crippen LogP contribution in [0.5, 0.6) is 5.75 Å². The quantitative estimate of drug-likeness (QED) is 0.470. The smallest absolute Gasteiger partial charge is 0.300 e. The van der Waals surface area contributed by atoms with Gasteiger partial charge in [0.25, 0.3) is 11.7 Å². The van der Waals surface area contributed by atoms with Crippen LogP contribution in [0.25, 0.3) is 5.57 Å². The Kier molecular flexibility index (Phi) is 3.84. The highest BCUT2D eigenvalue weighted by molar-refractivity contribution is 7.99. The highest BCUT2D eigenvalue weighted by Crippen LogP contribution is 2.47. The molecule has 0 bridgehead atoms. The summed E-state index contributed by atoms with van der Waals surface area (Å²) < 4.78 is 5.35. The standard InChI is InChI=1S/C19H17N3O3S/c1-19(2)9-11(10-26-18-20-5-4-6-21-18)13-7-12(25-3)8-14-15(13)22(19)17(24)16(14)23/h4-9H,10H2,1-3H3. The van der Waals surface area contributed by atoms with Crippen LogP contribution in [-0.4, -0.2) is 40.1 Å². The van der Waals surface area contributed by atoms with Gasteiger partial charge < -0.3 is 4.74 Å². The van der Waals surface area contributed by atoms with Gasteiger partial charge in [-0.1, -0.05) is 17.8 Å². The molecule has 0 saturated carbocycles. The Morgan fingerprint density at radius 1 is 1.15 bits per heavy atom. The van der Waals surface area contributed by atoms with Crippen molar-refractivity contribution in [2.24, 2.45) is 0 Å². The van der Waals surface area contributed by atoms with Gasteiger partial charge in [0, 0.05) is 23.7 Å². The van der Waals surface area contributed by atoms with E-state index in [1.165, 1.54) is 11.8 Å². The number of methoxy groups -OCH3 is 1. The third kappa shape index (κ3) is 2.50. The van der Waals surface area contributed by atoms with Crippen LogP contribution in [0, 0.1) is 0 Å². The Morgan fingerprint density at radius 3 is 2.54 bits per heavy atom. The first-order valence-electron chi connectivity index (χ1n) is 8.15. The van der Waals surface area contributed by atoms with Crippen LogP contribution in [0.3, 0.4) is 0 Å². The summed E-state index contributed by atoms with van der Waals surface area (Å²) in [5, 5.41) is 0.681. The Morgan fingerprint density at radius 2 is 1.85 bits per heavy atom. The van der Waals surface area contributed by atoms with E-state index in [0.29, 0.717) is 27.9 Å². The second-order valence-electron chi connectivity index (χ2n) is 6.68. The lowest BCUT2D eigenvalue weighted by Crippen LogP contribution is -2.47. The molecular weight excluding hydrogens is 350 g/mol. The number of hydrogen-bond donors (Lipinski definition) is 0. The Bertz CT molecular complexity index is 954. The molecule has 3 heterocycles. The normalized spacial score (nSPS) is 17.2. The van der Waals surface area contributed by atoms with Crippen molar-refractivity contribution in [3.8, 4) is 5.75 Å². The minimum Gasteiger partial charge on any atom is -0.497 e. The average Bonchev–Trinajstić information content (AvgIpc) is 2.90. The largest absolute Gasteiger partial charge is 0.497 e. The highest BCUT2D eigenvalue weighted by Gasteiger charge is 2.47. The van der Waals surface area contributed by atoms with E-state index in [-0.39, 0.29) is 0 Å². The first-order chi connectivity index (χ1) is 12.4. The average molecular weight is 367 g/mol. The van der Waals surface area contributed by atoms with E-state index in [9.17, 15) is 9.59 Å². The van der Waals surface area contributed by atoms with Crippen molar-refractivity contribution >= 4 is 34.7 Å². The molecule has 0 N–H and O–H groups in total. The van der Waals surface area contributed by atoms with Gasteiger partial charge in [-0.25, -0.2) is 9.97 Å². The number of rotatable bonds is 4. The third-order valence-electron chi connectivity index (χ3n) is 4.53. The van der Waals surface area contributed by atoms with E-state index in [0.717, 1.165) is 11.1 Å². The molecule has 6 nitrogen and oxygen atoms in total. The zero-order valence-electron chi connectivity index (χ0n) is 14.6. The van der Waals surface area contributed by atoms with Gasteiger partial charge in [0.2, 0.25) is 0 Å². The van der Waals surface area contributed by atoms with E-state index >= 15 is 0 Å². The van der Waals surface area contributed by atoms with Crippen LogP contribution in [-0.2, 0) is 4.79 Å². The number of Topliss-reactive ketones (excluding diaryl/α,β-unsaturated/α-hetero) is 1. The molecule has 2 aliphatic heterocycles. The molecule has 0 atom stereocenters. The number of nitrogens with zero attached hydrogens (tertiary/aromatic N) is 3. The molecule has 2 aliphatic rings. The molecule has 0 unspecified atom stereocenters. The molecule has 0 saturated heterocycles. The summed E-state index contributed by atoms with van der Waals surface area (Å²) in [4.78, 5) is 35.1. The van der Waals surface area contributed by atoms with Gasteiger partial charge in [-0.3, -0.25) is 14.5 Å². The first-order valence-corrected chi connectivity index (χ1v) is 9.14. The summed E-state index contributed by atoms with van der Waals surface area (Å²) in [5.74, 6) is 0.215. The fourth-order valence-corrected chi connectivity index (χ4v) is 4.24. The van der Waals surface area contributed by atoms with E-state index in [1.54, 1.807) is 36.5 Å². The highest BCUT2D eigenvalue weighted by atomic mass is 32.2. The summed E-state index contributed by atoms with van der Waals surface area (Å²) in [6.45, 7) is 3.87. The molecule has 2 aromatic rings. The van der Waals surface area contributed by atoms with Crippen LogP contribution in [0.4, 0.5) is 5.69 Å². The van der Waals surface area contributed by atoms with Crippen molar-refractivity contribution in [3.05, 3.63) is 47.8 Å². The zero-order chi connectivity index (χ0) is 18.5. The van der Waals surface area contributed by atoms with Crippen molar-refractivity contribution in [1.29, 1.82) is 0 Å². The molecule has 0 spiro atoms. The maximum absolute atomic E-state index is 12.6. The van der Waals surface area contributed by atoms with Gasteiger partial charge in [-0.05, 0) is 37.6 Å². The SMILES string of the molecule is COc1cc2c3c(c1)C(CSc1ncccn1)=CC(C)(C)N3C(=O)C2=O. The lowest BCUT2D eigenvalue weighted by molar-refractivity contribution is -0.115. The predicted molar refractivity (Wildman–Crippen MR) is 99.6 cm³/mol. The van der Waals surface area contributed by atoms with Gasteiger partial charge >= 0.3 is 0 Å². The van der Waals surface area contributed by atoms with E-state index in [4.69, 9.17) is 4.74 Å². The van der Waals surface area contributed by atoms with E-state index in [2.05, 4.69) is 9.97 Å². The van der Waals surface area contributed by atoms with Gasteiger partial charge in [0.15, 0.2) is 5.16 Å². The van der Waals surface area contributed by atoms with Gasteiger partial charge in [0.1, 0.15) is 5.75 Å². The fourth-order valence-electron chi connectivity index (χ4n) is 3.44. The molecule has 7 heteroatoms. The van der Waals surface area contributed by atoms with Gasteiger partial charge in [-0.15, -0.1) is 0 Å². The molecule has 0 fully saturated rings.